The number of rotatable bonds is 3. The van der Waals surface area contributed by atoms with E-state index in [2.05, 4.69) is 5.32 Å². The molecule has 7 heteroatoms. The van der Waals surface area contributed by atoms with Gasteiger partial charge in [0.15, 0.2) is 0 Å². The number of carbonyl (C=O) groups excluding carboxylic acids is 2. The molecular weight excluding hydrogens is 278 g/mol. The van der Waals surface area contributed by atoms with Gasteiger partial charge in [0.2, 0.25) is 0 Å². The Labute approximate surface area is 122 Å². The molecule has 1 saturated heterocycles. The average Bonchev–Trinajstić information content (AvgIpc) is 3.11. The predicted molar refractivity (Wildman–Crippen MR) is 70.0 cm³/mol. The van der Waals surface area contributed by atoms with Crippen LogP contribution in [0.1, 0.15) is 19.8 Å². The van der Waals surface area contributed by atoms with Gasteiger partial charge in [-0.2, -0.15) is 0 Å². The fourth-order valence-corrected chi connectivity index (χ4v) is 3.67. The number of hydrogen-bond donors (Lipinski definition) is 1. The maximum Gasteiger partial charge on any atom is 0.409 e. The number of epoxide rings is 1. The standard InChI is InChI=1S/C14H19NO6/c1-4-14-9(21-14)5-7-8(11(16)18-3)6-19-12(10(7)14)20-13(17)15-2/h6-7,9-10,12H,4-5H2,1-3H3,(H,15,17)/t7-,9+,10+,12+,14+/m1/s1. The molecule has 0 unspecified atom stereocenters. The quantitative estimate of drug-likeness (QED) is 0.616. The molecule has 1 saturated carbocycles. The van der Waals surface area contributed by atoms with E-state index >= 15 is 0 Å². The molecule has 0 aromatic rings. The highest BCUT2D eigenvalue weighted by molar-refractivity contribution is 5.89. The summed E-state index contributed by atoms with van der Waals surface area (Å²) in [4.78, 5) is 23.4. The molecule has 1 aliphatic carbocycles. The van der Waals surface area contributed by atoms with Crippen LogP contribution in [0, 0.1) is 11.8 Å². The van der Waals surface area contributed by atoms with Crippen molar-refractivity contribution in [1.29, 1.82) is 0 Å². The van der Waals surface area contributed by atoms with Crippen LogP contribution in [0.15, 0.2) is 11.8 Å². The fraction of sp³-hybridized carbons (Fsp3) is 0.714. The van der Waals surface area contributed by atoms with Crippen LogP contribution in [-0.4, -0.2) is 44.2 Å². The van der Waals surface area contributed by atoms with Crippen molar-refractivity contribution in [2.45, 2.75) is 37.8 Å². The molecule has 3 aliphatic rings. The second-order valence-corrected chi connectivity index (χ2v) is 5.51. The van der Waals surface area contributed by atoms with E-state index in [0.717, 1.165) is 12.8 Å². The lowest BCUT2D eigenvalue weighted by Crippen LogP contribution is -2.45. The number of fused-ring (bicyclic) bond motifs is 3. The van der Waals surface area contributed by atoms with Gasteiger partial charge in [-0.15, -0.1) is 0 Å². The number of hydrogen-bond acceptors (Lipinski definition) is 6. The molecule has 116 valence electrons. The van der Waals surface area contributed by atoms with Gasteiger partial charge in [-0.05, 0) is 12.8 Å². The van der Waals surface area contributed by atoms with Gasteiger partial charge in [0.1, 0.15) is 5.60 Å². The maximum absolute atomic E-state index is 11.9. The van der Waals surface area contributed by atoms with Crippen LogP contribution >= 0.6 is 0 Å². The minimum absolute atomic E-state index is 0.0699. The third kappa shape index (κ3) is 1.98. The van der Waals surface area contributed by atoms with Gasteiger partial charge in [-0.1, -0.05) is 6.92 Å². The zero-order valence-electron chi connectivity index (χ0n) is 12.3. The second-order valence-electron chi connectivity index (χ2n) is 5.51. The summed E-state index contributed by atoms with van der Waals surface area (Å²) in [6, 6.07) is 0. The van der Waals surface area contributed by atoms with Crippen molar-refractivity contribution in [1.82, 2.24) is 5.32 Å². The first kappa shape index (κ1) is 14.2. The SMILES string of the molecule is CC[C@]12O[C@H]1C[C@@H]1C(C(=O)OC)=CO[C@@H](OC(=O)NC)[C@H]12. The molecule has 7 nitrogen and oxygen atoms in total. The van der Waals surface area contributed by atoms with Crippen LogP contribution in [-0.2, 0) is 23.7 Å². The number of methoxy groups -OCH3 is 1. The Kier molecular flexibility index (Phi) is 3.32. The summed E-state index contributed by atoms with van der Waals surface area (Å²) in [7, 11) is 2.83. The lowest BCUT2D eigenvalue weighted by molar-refractivity contribution is -0.151. The summed E-state index contributed by atoms with van der Waals surface area (Å²) in [6.07, 6.45) is 1.62. The van der Waals surface area contributed by atoms with E-state index in [1.54, 1.807) is 0 Å². The molecule has 2 aliphatic heterocycles. The molecule has 1 N–H and O–H groups in total. The molecule has 0 bridgehead atoms. The molecular formula is C14H19NO6. The second kappa shape index (κ2) is 4.91. The highest BCUT2D eigenvalue weighted by Gasteiger charge is 2.72. The summed E-state index contributed by atoms with van der Waals surface area (Å²) < 4.78 is 21.4. The van der Waals surface area contributed by atoms with E-state index in [1.807, 2.05) is 6.92 Å². The van der Waals surface area contributed by atoms with Crippen molar-refractivity contribution in [2.75, 3.05) is 14.2 Å². The first-order valence-electron chi connectivity index (χ1n) is 7.07. The summed E-state index contributed by atoms with van der Waals surface area (Å²) in [5, 5.41) is 2.40. The molecule has 2 fully saturated rings. The monoisotopic (exact) mass is 297 g/mol. The molecule has 0 spiro atoms. The largest absolute Gasteiger partial charge is 0.466 e. The number of esters is 1. The third-order valence-corrected chi connectivity index (χ3v) is 4.74. The zero-order chi connectivity index (χ0) is 15.2. The van der Waals surface area contributed by atoms with Crippen LogP contribution in [0.4, 0.5) is 4.79 Å². The minimum Gasteiger partial charge on any atom is -0.466 e. The molecule has 0 aromatic heterocycles. The van der Waals surface area contributed by atoms with Crippen molar-refractivity contribution in [2.24, 2.45) is 11.8 Å². The Morgan fingerprint density at radius 2 is 2.29 bits per heavy atom. The first-order valence-corrected chi connectivity index (χ1v) is 7.07. The van der Waals surface area contributed by atoms with E-state index < -0.39 is 18.4 Å². The van der Waals surface area contributed by atoms with Gasteiger partial charge >= 0.3 is 12.1 Å². The Morgan fingerprint density at radius 1 is 1.52 bits per heavy atom. The van der Waals surface area contributed by atoms with Crippen molar-refractivity contribution in [3.63, 3.8) is 0 Å². The summed E-state index contributed by atoms with van der Waals surface area (Å²) in [5.74, 6) is -0.667. The van der Waals surface area contributed by atoms with Crippen LogP contribution < -0.4 is 5.32 Å². The molecule has 0 aromatic carbocycles. The highest BCUT2D eigenvalue weighted by atomic mass is 16.7. The van der Waals surface area contributed by atoms with E-state index in [1.165, 1.54) is 20.4 Å². The van der Waals surface area contributed by atoms with Crippen molar-refractivity contribution in [3.8, 4) is 0 Å². The number of amides is 1. The molecule has 0 radical (unpaired) electrons. The van der Waals surface area contributed by atoms with Crippen molar-refractivity contribution >= 4 is 12.1 Å². The van der Waals surface area contributed by atoms with Gasteiger partial charge in [-0.3, -0.25) is 0 Å². The zero-order valence-corrected chi connectivity index (χ0v) is 12.3. The van der Waals surface area contributed by atoms with Crippen molar-refractivity contribution < 1.29 is 28.5 Å². The van der Waals surface area contributed by atoms with E-state index in [9.17, 15) is 9.59 Å². The number of carbonyl (C=O) groups is 2. The Morgan fingerprint density at radius 3 is 2.90 bits per heavy atom. The van der Waals surface area contributed by atoms with E-state index in [-0.39, 0.29) is 23.5 Å². The van der Waals surface area contributed by atoms with E-state index in [0.29, 0.717) is 5.57 Å². The molecule has 1 amide bonds. The van der Waals surface area contributed by atoms with Gasteiger partial charge in [0.25, 0.3) is 6.29 Å². The van der Waals surface area contributed by atoms with Gasteiger partial charge < -0.3 is 24.3 Å². The van der Waals surface area contributed by atoms with Crippen LogP contribution in [0.2, 0.25) is 0 Å². The summed E-state index contributed by atoms with van der Waals surface area (Å²) in [6.45, 7) is 2.02. The Hall–Kier alpha value is -1.76. The molecule has 3 rings (SSSR count). The Bertz CT molecular complexity index is 500. The molecule has 5 atom stereocenters. The lowest BCUT2D eigenvalue weighted by atomic mass is 9.80. The average molecular weight is 297 g/mol. The van der Waals surface area contributed by atoms with Gasteiger partial charge in [0.05, 0.1) is 31.0 Å². The van der Waals surface area contributed by atoms with E-state index in [4.69, 9.17) is 18.9 Å². The van der Waals surface area contributed by atoms with Crippen LogP contribution in [0.5, 0.6) is 0 Å². The summed E-state index contributed by atoms with van der Waals surface area (Å²) in [5.41, 5.74) is 0.125. The van der Waals surface area contributed by atoms with Gasteiger partial charge in [0, 0.05) is 13.0 Å². The lowest BCUT2D eigenvalue weighted by Gasteiger charge is -2.36. The van der Waals surface area contributed by atoms with Crippen LogP contribution in [0.3, 0.4) is 0 Å². The van der Waals surface area contributed by atoms with Crippen molar-refractivity contribution in [3.05, 3.63) is 11.8 Å². The number of nitrogens with one attached hydrogen (secondary N) is 1. The number of ether oxygens (including phenoxy) is 4. The maximum atomic E-state index is 11.9. The fourth-order valence-electron chi connectivity index (χ4n) is 3.67. The van der Waals surface area contributed by atoms with Crippen LogP contribution in [0.25, 0.3) is 0 Å². The minimum atomic E-state index is -0.754. The normalized spacial score (nSPS) is 39.3. The first-order chi connectivity index (χ1) is 10.1. The molecule has 21 heavy (non-hydrogen) atoms. The summed E-state index contributed by atoms with van der Waals surface area (Å²) >= 11 is 0. The molecule has 2 heterocycles. The predicted octanol–water partition coefficient (Wildman–Crippen LogP) is 0.939. The topological polar surface area (TPSA) is 86.4 Å². The highest BCUT2D eigenvalue weighted by Crippen LogP contribution is 2.62. The number of alkyl carbamates (subject to hydrolysis) is 1. The third-order valence-electron chi connectivity index (χ3n) is 4.74. The van der Waals surface area contributed by atoms with Gasteiger partial charge in [-0.25, -0.2) is 9.59 Å². The smallest absolute Gasteiger partial charge is 0.409 e. The Balaban J connectivity index is 1.89.